The summed E-state index contributed by atoms with van der Waals surface area (Å²) < 4.78 is 41.8. The zero-order valence-corrected chi connectivity index (χ0v) is 32.4. The van der Waals surface area contributed by atoms with E-state index in [1.54, 1.807) is 0 Å². The number of rotatable bonds is 27. The Bertz CT molecular complexity index is 1450. The molecule has 2 fully saturated rings. The Morgan fingerprint density at radius 2 is 0.810 bits per heavy atom. The summed E-state index contributed by atoms with van der Waals surface area (Å²) in [6.07, 6.45) is 7.18. The Hall–Kier alpha value is -6.20. The van der Waals surface area contributed by atoms with E-state index in [2.05, 4.69) is 50.1 Å². The van der Waals surface area contributed by atoms with Gasteiger partial charge in [-0.05, 0) is 49.4 Å². The lowest BCUT2D eigenvalue weighted by Crippen LogP contribution is -2.45. The highest BCUT2D eigenvalue weighted by Gasteiger charge is 2.47. The number of fused-ring (bicyclic) bond motifs is 2. The molecule has 0 aromatic rings. The summed E-state index contributed by atoms with van der Waals surface area (Å²) in [4.78, 5) is 96.8. The zero-order valence-electron chi connectivity index (χ0n) is 32.4. The number of nitrogens with one attached hydrogen (secondary N) is 2. The van der Waals surface area contributed by atoms with Crippen molar-refractivity contribution in [2.24, 2.45) is 34.5 Å². The molecule has 0 aromatic heterocycles. The van der Waals surface area contributed by atoms with Crippen LogP contribution >= 0.6 is 0 Å². The number of amides is 2. The fourth-order valence-corrected chi connectivity index (χ4v) is 6.60. The van der Waals surface area contributed by atoms with Crippen molar-refractivity contribution < 1.29 is 76.3 Å². The van der Waals surface area contributed by atoms with Crippen molar-refractivity contribution in [3.8, 4) is 0 Å². The molecule has 0 heterocycles. The van der Waals surface area contributed by atoms with Gasteiger partial charge in [-0.25, -0.2) is 38.4 Å². The largest absolute Gasteiger partial charge is 0.462 e. The third kappa shape index (κ3) is 16.1. The molecule has 58 heavy (non-hydrogen) atoms. The minimum atomic E-state index is -1.48. The molecule has 0 spiro atoms. The first-order valence-electron chi connectivity index (χ1n) is 18.2. The van der Waals surface area contributed by atoms with Crippen molar-refractivity contribution >= 4 is 48.0 Å². The monoisotopic (exact) mass is 816 g/mol. The third-order valence-electron chi connectivity index (χ3n) is 9.64. The maximum atomic E-state index is 12.9. The molecule has 0 aliphatic heterocycles. The lowest BCUT2D eigenvalue weighted by Gasteiger charge is -2.31. The molecule has 2 aliphatic rings. The number of ether oxygens (including phenoxy) is 8. The fourth-order valence-electron chi connectivity index (χ4n) is 6.60. The third-order valence-corrected chi connectivity index (χ3v) is 9.64. The predicted octanol–water partition coefficient (Wildman–Crippen LogP) is 2.84. The van der Waals surface area contributed by atoms with Gasteiger partial charge in [-0.3, -0.25) is 0 Å². The van der Waals surface area contributed by atoms with Crippen molar-refractivity contribution in [3.05, 3.63) is 75.9 Å². The predicted molar refractivity (Wildman–Crippen MR) is 203 cm³/mol. The average Bonchev–Trinajstić information content (AvgIpc) is 3.79. The van der Waals surface area contributed by atoms with Crippen molar-refractivity contribution in [1.82, 2.24) is 10.6 Å². The first-order valence-corrected chi connectivity index (χ1v) is 18.2. The van der Waals surface area contributed by atoms with Crippen LogP contribution in [0.25, 0.3) is 0 Å². The van der Waals surface area contributed by atoms with Gasteiger partial charge in [0.15, 0.2) is 0 Å². The molecular formula is C40H52N2O16. The summed E-state index contributed by atoms with van der Waals surface area (Å²) in [5, 5.41) is 5.47. The molecule has 2 bridgehead atoms. The molecule has 0 saturated heterocycles. The van der Waals surface area contributed by atoms with Crippen molar-refractivity contribution in [2.45, 2.75) is 25.7 Å². The van der Waals surface area contributed by atoms with Gasteiger partial charge in [-0.2, -0.15) is 0 Å². The SMILES string of the molecule is C=CC(=O)OCC(COC(=O)C=C)(COC(=O)C=C)COC(=O)NCCC1C2CCC1C(CNC(=O)OCC(COC(=O)C=C)(COC(=O)C=C)COC(=O)C=C)C2. The fraction of sp³-hybridized carbons (Fsp3) is 0.500. The van der Waals surface area contributed by atoms with Gasteiger partial charge < -0.3 is 48.5 Å². The number of carbonyl (C=O) groups is 8. The van der Waals surface area contributed by atoms with Crippen LogP contribution in [0.3, 0.4) is 0 Å². The summed E-state index contributed by atoms with van der Waals surface area (Å²) in [6, 6.07) is 0. The zero-order chi connectivity index (χ0) is 43.1. The Morgan fingerprint density at radius 3 is 1.16 bits per heavy atom. The quantitative estimate of drug-likeness (QED) is 0.0689. The molecule has 2 rings (SSSR count). The maximum absolute atomic E-state index is 12.9. The molecule has 0 radical (unpaired) electrons. The lowest BCUT2D eigenvalue weighted by molar-refractivity contribution is -0.161. The highest BCUT2D eigenvalue weighted by atomic mass is 16.6. The molecule has 18 heteroatoms. The van der Waals surface area contributed by atoms with E-state index in [1.807, 2.05) is 0 Å². The molecule has 318 valence electrons. The van der Waals surface area contributed by atoms with Crippen LogP contribution in [-0.4, -0.2) is 114 Å². The highest BCUT2D eigenvalue weighted by molar-refractivity contribution is 5.83. The second-order valence-electron chi connectivity index (χ2n) is 13.8. The molecule has 0 aromatic carbocycles. The Balaban J connectivity index is 1.98. The van der Waals surface area contributed by atoms with E-state index in [0.717, 1.165) is 55.7 Å². The topological polar surface area (TPSA) is 234 Å². The summed E-state index contributed by atoms with van der Waals surface area (Å²) in [5.41, 5.74) is -2.95. The summed E-state index contributed by atoms with van der Waals surface area (Å²) >= 11 is 0. The van der Waals surface area contributed by atoms with Crippen LogP contribution < -0.4 is 10.6 Å². The van der Waals surface area contributed by atoms with Gasteiger partial charge >= 0.3 is 48.0 Å². The van der Waals surface area contributed by atoms with Gasteiger partial charge in [0, 0.05) is 49.5 Å². The van der Waals surface area contributed by atoms with E-state index in [9.17, 15) is 38.4 Å². The molecule has 4 atom stereocenters. The number of alkyl carbamates (subject to hydrolysis) is 2. The van der Waals surface area contributed by atoms with Gasteiger partial charge in [-0.1, -0.05) is 39.5 Å². The van der Waals surface area contributed by atoms with Gasteiger partial charge in [0.25, 0.3) is 0 Å². The van der Waals surface area contributed by atoms with E-state index in [1.165, 1.54) is 0 Å². The standard InChI is InChI=1S/C40H52N2O16/c1-7-31(43)51-19-39(20-52-32(44)8-2,21-53-33(45)9-3)25-57-37(49)41-16-15-30-27-13-14-29(30)28(17-27)18-42-38(50)58-26-40(22-54-34(46)10-4,23-55-35(47)11-5)24-56-36(48)12-6/h7-12,27-30H,1-6,13-26H2,(H,41,49)(H,42,50). The minimum Gasteiger partial charge on any atom is -0.462 e. The first-order chi connectivity index (χ1) is 27.7. The molecule has 2 saturated carbocycles. The first kappa shape index (κ1) is 48.0. The van der Waals surface area contributed by atoms with E-state index >= 15 is 0 Å². The molecule has 2 aliphatic carbocycles. The number of esters is 6. The van der Waals surface area contributed by atoms with E-state index < -0.39 is 112 Å². The van der Waals surface area contributed by atoms with Gasteiger partial charge in [0.2, 0.25) is 0 Å². The van der Waals surface area contributed by atoms with Gasteiger partial charge in [0.05, 0.1) is 0 Å². The summed E-state index contributed by atoms with van der Waals surface area (Å²) in [5.74, 6) is -3.93. The van der Waals surface area contributed by atoms with Gasteiger partial charge in [-0.15, -0.1) is 0 Å². The Labute approximate surface area is 336 Å². The van der Waals surface area contributed by atoms with Crippen LogP contribution in [0.15, 0.2) is 75.9 Å². The lowest BCUT2D eigenvalue weighted by atomic mass is 9.87. The van der Waals surface area contributed by atoms with Crippen LogP contribution in [0.5, 0.6) is 0 Å². The number of carbonyl (C=O) groups excluding carboxylic acids is 8. The van der Waals surface area contributed by atoms with Crippen LogP contribution in [-0.2, 0) is 66.7 Å². The van der Waals surface area contributed by atoms with E-state index in [4.69, 9.17) is 37.9 Å². The van der Waals surface area contributed by atoms with E-state index in [-0.39, 0.29) is 30.8 Å². The van der Waals surface area contributed by atoms with Crippen LogP contribution in [0.1, 0.15) is 25.7 Å². The number of hydrogen-bond acceptors (Lipinski definition) is 16. The van der Waals surface area contributed by atoms with Crippen LogP contribution in [0, 0.1) is 34.5 Å². The second kappa shape index (κ2) is 24.4. The van der Waals surface area contributed by atoms with Crippen LogP contribution in [0.4, 0.5) is 9.59 Å². The van der Waals surface area contributed by atoms with E-state index in [0.29, 0.717) is 12.3 Å². The van der Waals surface area contributed by atoms with Crippen molar-refractivity contribution in [1.29, 1.82) is 0 Å². The Morgan fingerprint density at radius 1 is 0.483 bits per heavy atom. The average molecular weight is 817 g/mol. The van der Waals surface area contributed by atoms with Gasteiger partial charge in [0.1, 0.15) is 63.7 Å². The minimum absolute atomic E-state index is 0.110. The normalized spacial score (nSPS) is 17.8. The molecule has 2 N–H and O–H groups in total. The van der Waals surface area contributed by atoms with Crippen molar-refractivity contribution in [2.75, 3.05) is 65.9 Å². The summed E-state index contributed by atoms with van der Waals surface area (Å²) in [6.45, 7) is 16.8. The molecule has 4 unspecified atom stereocenters. The smallest absolute Gasteiger partial charge is 0.407 e. The number of hydrogen-bond donors (Lipinski definition) is 2. The highest BCUT2D eigenvalue weighted by Crippen LogP contribution is 2.53. The maximum Gasteiger partial charge on any atom is 0.407 e. The second-order valence-corrected chi connectivity index (χ2v) is 13.8. The van der Waals surface area contributed by atoms with Crippen LogP contribution in [0.2, 0.25) is 0 Å². The summed E-state index contributed by atoms with van der Waals surface area (Å²) in [7, 11) is 0. The molecule has 2 amide bonds. The molecule has 18 nitrogen and oxygen atoms in total. The Kier molecular flexibility index (Phi) is 20.2. The van der Waals surface area contributed by atoms with Crippen molar-refractivity contribution in [3.63, 3.8) is 0 Å². The molecular weight excluding hydrogens is 764 g/mol.